The molecule has 0 atom stereocenters. The summed E-state index contributed by atoms with van der Waals surface area (Å²) in [4.78, 5) is 17.2. The third kappa shape index (κ3) is 7.05. The van der Waals surface area contributed by atoms with E-state index in [-0.39, 0.29) is 23.3 Å². The predicted molar refractivity (Wildman–Crippen MR) is 139 cm³/mol. The first-order valence-electron chi connectivity index (χ1n) is 12.4. The van der Waals surface area contributed by atoms with Crippen LogP contribution in [0.25, 0.3) is 11.4 Å². The Morgan fingerprint density at radius 3 is 2.49 bits per heavy atom. The van der Waals surface area contributed by atoms with Gasteiger partial charge in [-0.05, 0) is 43.5 Å². The number of anilines is 1. The molecule has 1 saturated heterocycles. The summed E-state index contributed by atoms with van der Waals surface area (Å²) in [6.45, 7) is 3.03. The van der Waals surface area contributed by atoms with Crippen LogP contribution in [0.1, 0.15) is 18.4 Å². The quantitative estimate of drug-likeness (QED) is 0.223. The molecule has 0 saturated carbocycles. The van der Waals surface area contributed by atoms with Gasteiger partial charge in [-0.2, -0.15) is 4.98 Å². The number of aromatic nitrogens is 4. The summed E-state index contributed by atoms with van der Waals surface area (Å²) in [5, 5.41) is 9.81. The highest BCUT2D eigenvalue weighted by atomic mass is 19.1. The smallest absolute Gasteiger partial charge is 0.239 e. The van der Waals surface area contributed by atoms with E-state index in [2.05, 4.69) is 35.7 Å². The fraction of sp³-hybridized carbons (Fsp3) is 0.259. The molecular weight excluding hydrogens is 506 g/mol. The second-order valence-electron chi connectivity index (χ2n) is 9.00. The number of nitrogens with zero attached hydrogens (tertiary/aromatic N) is 5. The predicted octanol–water partition coefficient (Wildman–Crippen LogP) is 5.66. The zero-order valence-corrected chi connectivity index (χ0v) is 20.9. The first-order valence-corrected chi connectivity index (χ1v) is 12.4. The van der Waals surface area contributed by atoms with Gasteiger partial charge in [-0.3, -0.25) is 0 Å². The standard InChI is InChI=1S/C27H26F2N8O2/c28-20-9-21(29)11-22(10-20)39-24-15-35-27(37-30)26(36-24)32-12-18-2-1-3-19(8-18)25-33-13-23(14-34-25)38-16-17-4-6-31-7-5-17/h1-3,8-11,13-15,17,30-31H,4-7,12,16H2,(H,32,36). The fourth-order valence-electron chi connectivity index (χ4n) is 4.13. The molecule has 0 radical (unpaired) electrons. The third-order valence-corrected chi connectivity index (χ3v) is 6.11. The number of hydrogen-bond acceptors (Lipinski definition) is 10. The van der Waals surface area contributed by atoms with E-state index in [1.807, 2.05) is 24.3 Å². The average Bonchev–Trinajstić information content (AvgIpc) is 2.95. The highest BCUT2D eigenvalue weighted by molar-refractivity contribution is 5.58. The SMILES string of the molecule is N=Nc1ncc(Oc2cc(F)cc(F)c2)nc1NCc1cccc(-c2ncc(OCC3CCNCC3)cn2)c1. The summed E-state index contributed by atoms with van der Waals surface area (Å²) >= 11 is 0. The van der Waals surface area contributed by atoms with Crippen molar-refractivity contribution in [2.75, 3.05) is 25.0 Å². The Labute approximate surface area is 223 Å². The van der Waals surface area contributed by atoms with E-state index < -0.39 is 11.6 Å². The van der Waals surface area contributed by atoms with Gasteiger partial charge in [0.25, 0.3) is 0 Å². The molecule has 12 heteroatoms. The van der Waals surface area contributed by atoms with E-state index in [4.69, 9.17) is 15.0 Å². The molecule has 2 aromatic carbocycles. The number of hydrogen-bond donors (Lipinski definition) is 3. The van der Waals surface area contributed by atoms with Gasteiger partial charge in [0.2, 0.25) is 11.7 Å². The van der Waals surface area contributed by atoms with Gasteiger partial charge in [-0.25, -0.2) is 29.3 Å². The molecule has 3 N–H and O–H groups in total. The first-order chi connectivity index (χ1) is 19.1. The summed E-state index contributed by atoms with van der Waals surface area (Å²) in [5.41, 5.74) is 9.09. The van der Waals surface area contributed by atoms with E-state index in [9.17, 15) is 8.78 Å². The molecule has 0 bridgehead atoms. The van der Waals surface area contributed by atoms with Crippen LogP contribution < -0.4 is 20.1 Å². The maximum absolute atomic E-state index is 13.5. The molecule has 39 heavy (non-hydrogen) atoms. The summed E-state index contributed by atoms with van der Waals surface area (Å²) < 4.78 is 38.3. The molecule has 0 amide bonds. The van der Waals surface area contributed by atoms with Gasteiger partial charge < -0.3 is 20.1 Å². The van der Waals surface area contributed by atoms with Crippen molar-refractivity contribution in [1.29, 1.82) is 5.53 Å². The number of ether oxygens (including phenoxy) is 2. The van der Waals surface area contributed by atoms with E-state index in [1.54, 1.807) is 12.4 Å². The Morgan fingerprint density at radius 2 is 1.74 bits per heavy atom. The Bertz CT molecular complexity index is 1410. The minimum atomic E-state index is -0.780. The lowest BCUT2D eigenvalue weighted by molar-refractivity contribution is 0.214. The van der Waals surface area contributed by atoms with Crippen molar-refractivity contribution in [1.82, 2.24) is 25.3 Å². The summed E-state index contributed by atoms with van der Waals surface area (Å²) in [7, 11) is 0. The Kier molecular flexibility index (Phi) is 8.22. The zero-order chi connectivity index (χ0) is 27.0. The molecule has 0 aliphatic carbocycles. The van der Waals surface area contributed by atoms with Crippen LogP contribution in [0.2, 0.25) is 0 Å². The average molecular weight is 533 g/mol. The number of nitrogens with one attached hydrogen (secondary N) is 3. The van der Waals surface area contributed by atoms with Gasteiger partial charge in [-0.15, -0.1) is 5.11 Å². The molecule has 0 spiro atoms. The maximum atomic E-state index is 13.5. The van der Waals surface area contributed by atoms with Crippen LogP contribution in [-0.2, 0) is 6.54 Å². The topological polar surface area (TPSA) is 130 Å². The van der Waals surface area contributed by atoms with Crippen molar-refractivity contribution in [3.63, 3.8) is 0 Å². The van der Waals surface area contributed by atoms with Crippen LogP contribution in [-0.4, -0.2) is 39.6 Å². The van der Waals surface area contributed by atoms with Crippen LogP contribution in [0.3, 0.4) is 0 Å². The fourth-order valence-corrected chi connectivity index (χ4v) is 4.13. The molecule has 200 valence electrons. The largest absolute Gasteiger partial charge is 0.490 e. The van der Waals surface area contributed by atoms with Crippen molar-refractivity contribution >= 4 is 11.6 Å². The lowest BCUT2D eigenvalue weighted by Crippen LogP contribution is -2.30. The third-order valence-electron chi connectivity index (χ3n) is 6.11. The second kappa shape index (κ2) is 12.3. The van der Waals surface area contributed by atoms with Crippen LogP contribution in [0, 0.1) is 23.1 Å². The normalized spacial score (nSPS) is 13.6. The Hall–Kier alpha value is -4.58. The van der Waals surface area contributed by atoms with Gasteiger partial charge in [0.05, 0.1) is 25.2 Å². The van der Waals surface area contributed by atoms with Gasteiger partial charge in [0, 0.05) is 30.3 Å². The van der Waals surface area contributed by atoms with Crippen LogP contribution in [0.4, 0.5) is 20.4 Å². The van der Waals surface area contributed by atoms with Crippen molar-refractivity contribution in [3.8, 4) is 28.8 Å². The second-order valence-corrected chi connectivity index (χ2v) is 9.00. The minimum Gasteiger partial charge on any atom is -0.490 e. The van der Waals surface area contributed by atoms with Gasteiger partial charge >= 0.3 is 0 Å². The van der Waals surface area contributed by atoms with E-state index in [1.165, 1.54) is 6.20 Å². The summed E-state index contributed by atoms with van der Waals surface area (Å²) in [6, 6.07) is 10.4. The van der Waals surface area contributed by atoms with Crippen molar-refractivity contribution in [2.45, 2.75) is 19.4 Å². The van der Waals surface area contributed by atoms with Crippen LogP contribution in [0.15, 0.2) is 66.2 Å². The molecule has 10 nitrogen and oxygen atoms in total. The zero-order valence-electron chi connectivity index (χ0n) is 20.9. The van der Waals surface area contributed by atoms with Gasteiger partial charge in [-0.1, -0.05) is 18.2 Å². The number of piperidine rings is 1. The van der Waals surface area contributed by atoms with Gasteiger partial charge in [0.1, 0.15) is 17.4 Å². The number of halogens is 2. The van der Waals surface area contributed by atoms with E-state index >= 15 is 0 Å². The lowest BCUT2D eigenvalue weighted by Gasteiger charge is -2.22. The molecule has 1 aliphatic heterocycles. The highest BCUT2D eigenvalue weighted by Crippen LogP contribution is 2.27. The molecule has 3 heterocycles. The van der Waals surface area contributed by atoms with E-state index in [0.717, 1.165) is 55.3 Å². The van der Waals surface area contributed by atoms with Crippen molar-refractivity contribution in [3.05, 3.63) is 78.3 Å². The Morgan fingerprint density at radius 1 is 0.974 bits per heavy atom. The van der Waals surface area contributed by atoms with Crippen molar-refractivity contribution < 1.29 is 18.3 Å². The molecular formula is C27H26F2N8O2. The van der Waals surface area contributed by atoms with Crippen molar-refractivity contribution in [2.24, 2.45) is 11.0 Å². The number of benzene rings is 2. The molecule has 2 aromatic heterocycles. The highest BCUT2D eigenvalue weighted by Gasteiger charge is 2.14. The maximum Gasteiger partial charge on any atom is 0.239 e. The molecule has 0 unspecified atom stereocenters. The molecule has 1 fully saturated rings. The van der Waals surface area contributed by atoms with Crippen LogP contribution in [0.5, 0.6) is 17.4 Å². The van der Waals surface area contributed by atoms with Crippen LogP contribution >= 0.6 is 0 Å². The molecule has 5 rings (SSSR count). The van der Waals surface area contributed by atoms with E-state index in [0.29, 0.717) is 30.6 Å². The monoisotopic (exact) mass is 532 g/mol. The first kappa shape index (κ1) is 26.0. The summed E-state index contributed by atoms with van der Waals surface area (Å²) in [5.74, 6) is 0.310. The van der Waals surface area contributed by atoms with Gasteiger partial charge in [0.15, 0.2) is 17.4 Å². The Balaban J connectivity index is 1.23. The molecule has 1 aliphatic rings. The molecule has 4 aromatic rings. The number of rotatable bonds is 10. The lowest BCUT2D eigenvalue weighted by atomic mass is 9.99. The summed E-state index contributed by atoms with van der Waals surface area (Å²) in [6.07, 6.45) is 6.79. The minimum absolute atomic E-state index is 0.0143.